The number of urea groups is 1. The molecule has 1 saturated carbocycles. The van der Waals surface area contributed by atoms with E-state index >= 15 is 0 Å². The van der Waals surface area contributed by atoms with Crippen LogP contribution in [0.1, 0.15) is 38.2 Å². The molecule has 0 saturated heterocycles. The lowest BCUT2D eigenvalue weighted by Gasteiger charge is -2.17. The molecule has 5 heteroatoms. The minimum atomic E-state index is -0.471. The predicted octanol–water partition coefficient (Wildman–Crippen LogP) is 2.56. The van der Waals surface area contributed by atoms with E-state index in [1.54, 1.807) is 6.92 Å². The number of rotatable bonds is 4. The standard InChI is InChI=1S/C16H23N3O2/c1-11-6-5-9-14(10-11)17-12(2)15(20)19-16(21)18-13-7-3-4-8-13/h5-6,9-10,12-13,17H,3-4,7-8H2,1-2H3,(H2,18,19,20,21). The van der Waals surface area contributed by atoms with Crippen LogP contribution in [0.15, 0.2) is 24.3 Å². The summed E-state index contributed by atoms with van der Waals surface area (Å²) in [6.45, 7) is 3.73. The normalized spacial score (nSPS) is 16.3. The lowest BCUT2D eigenvalue weighted by molar-refractivity contribution is -0.120. The molecular weight excluding hydrogens is 266 g/mol. The second kappa shape index (κ2) is 7.11. The van der Waals surface area contributed by atoms with Gasteiger partial charge in [-0.2, -0.15) is 0 Å². The lowest BCUT2D eigenvalue weighted by Crippen LogP contribution is -2.48. The molecule has 3 N–H and O–H groups in total. The Hall–Kier alpha value is -2.04. The fourth-order valence-electron chi connectivity index (χ4n) is 2.56. The van der Waals surface area contributed by atoms with Crippen molar-refractivity contribution in [2.24, 2.45) is 0 Å². The summed E-state index contributed by atoms with van der Waals surface area (Å²) in [4.78, 5) is 23.7. The molecule has 3 amide bonds. The first-order valence-corrected chi connectivity index (χ1v) is 7.49. The summed E-state index contributed by atoms with van der Waals surface area (Å²) >= 11 is 0. The molecule has 114 valence electrons. The van der Waals surface area contributed by atoms with Gasteiger partial charge in [-0.3, -0.25) is 10.1 Å². The van der Waals surface area contributed by atoms with Gasteiger partial charge in [-0.15, -0.1) is 0 Å². The molecule has 1 aromatic rings. The average molecular weight is 289 g/mol. The van der Waals surface area contributed by atoms with Gasteiger partial charge in [0.15, 0.2) is 0 Å². The topological polar surface area (TPSA) is 70.2 Å². The number of aryl methyl sites for hydroxylation is 1. The molecule has 1 atom stereocenters. The van der Waals surface area contributed by atoms with Gasteiger partial charge in [-0.1, -0.05) is 25.0 Å². The van der Waals surface area contributed by atoms with E-state index in [1.807, 2.05) is 31.2 Å². The third-order valence-electron chi connectivity index (χ3n) is 3.72. The maximum atomic E-state index is 12.0. The molecule has 0 radical (unpaired) electrons. The molecule has 5 nitrogen and oxygen atoms in total. The number of imide groups is 1. The van der Waals surface area contributed by atoms with Gasteiger partial charge in [0.05, 0.1) is 0 Å². The third kappa shape index (κ3) is 4.77. The van der Waals surface area contributed by atoms with Gasteiger partial charge in [0.1, 0.15) is 6.04 Å². The van der Waals surface area contributed by atoms with Crippen LogP contribution < -0.4 is 16.0 Å². The number of hydrogen-bond acceptors (Lipinski definition) is 3. The quantitative estimate of drug-likeness (QED) is 0.798. The number of hydrogen-bond donors (Lipinski definition) is 3. The highest BCUT2D eigenvalue weighted by Crippen LogP contribution is 2.17. The van der Waals surface area contributed by atoms with E-state index in [2.05, 4.69) is 16.0 Å². The SMILES string of the molecule is Cc1cccc(NC(C)C(=O)NC(=O)NC2CCCC2)c1. The summed E-state index contributed by atoms with van der Waals surface area (Å²) < 4.78 is 0. The van der Waals surface area contributed by atoms with Gasteiger partial charge >= 0.3 is 6.03 Å². The first kappa shape index (κ1) is 15.4. The molecule has 0 spiro atoms. The third-order valence-corrected chi connectivity index (χ3v) is 3.72. The molecule has 21 heavy (non-hydrogen) atoms. The zero-order chi connectivity index (χ0) is 15.2. The first-order chi connectivity index (χ1) is 10.0. The van der Waals surface area contributed by atoms with E-state index in [0.29, 0.717) is 0 Å². The predicted molar refractivity (Wildman–Crippen MR) is 83.2 cm³/mol. The van der Waals surface area contributed by atoms with Crippen LogP contribution in [0.3, 0.4) is 0 Å². The smallest absolute Gasteiger partial charge is 0.321 e. The summed E-state index contributed by atoms with van der Waals surface area (Å²) in [5, 5.41) is 8.32. The van der Waals surface area contributed by atoms with Crippen LogP contribution in [0.2, 0.25) is 0 Å². The van der Waals surface area contributed by atoms with Crippen molar-refractivity contribution in [3.05, 3.63) is 29.8 Å². The Morgan fingerprint density at radius 3 is 2.62 bits per heavy atom. The van der Waals surface area contributed by atoms with Crippen LogP contribution in [0.25, 0.3) is 0 Å². The minimum Gasteiger partial charge on any atom is -0.374 e. The number of anilines is 1. The molecule has 1 aromatic carbocycles. The van der Waals surface area contributed by atoms with Crippen molar-refractivity contribution in [3.8, 4) is 0 Å². The van der Waals surface area contributed by atoms with E-state index in [1.165, 1.54) is 0 Å². The fourth-order valence-corrected chi connectivity index (χ4v) is 2.56. The Labute approximate surface area is 125 Å². The second-order valence-electron chi connectivity index (χ2n) is 5.68. The minimum absolute atomic E-state index is 0.206. The van der Waals surface area contributed by atoms with Crippen molar-refractivity contribution >= 4 is 17.6 Å². The molecular formula is C16H23N3O2. The number of carbonyl (C=O) groups is 2. The molecule has 2 rings (SSSR count). The van der Waals surface area contributed by atoms with Crippen LogP contribution >= 0.6 is 0 Å². The van der Waals surface area contributed by atoms with Gasteiger partial charge < -0.3 is 10.6 Å². The van der Waals surface area contributed by atoms with Crippen LogP contribution in [0.4, 0.5) is 10.5 Å². The van der Waals surface area contributed by atoms with E-state index in [0.717, 1.165) is 36.9 Å². The number of carbonyl (C=O) groups excluding carboxylic acids is 2. The van der Waals surface area contributed by atoms with Crippen molar-refractivity contribution in [1.29, 1.82) is 0 Å². The number of benzene rings is 1. The van der Waals surface area contributed by atoms with Crippen LogP contribution in [0.5, 0.6) is 0 Å². The Bertz CT molecular complexity index is 510. The number of amides is 3. The maximum absolute atomic E-state index is 12.0. The van der Waals surface area contributed by atoms with E-state index in [4.69, 9.17) is 0 Å². The Kier molecular flexibility index (Phi) is 5.20. The lowest BCUT2D eigenvalue weighted by atomic mass is 10.2. The fraction of sp³-hybridized carbons (Fsp3) is 0.500. The second-order valence-corrected chi connectivity index (χ2v) is 5.68. The first-order valence-electron chi connectivity index (χ1n) is 7.49. The highest BCUT2D eigenvalue weighted by atomic mass is 16.2. The zero-order valence-electron chi connectivity index (χ0n) is 12.6. The summed E-state index contributed by atoms with van der Waals surface area (Å²) in [5.74, 6) is -0.327. The summed E-state index contributed by atoms with van der Waals surface area (Å²) in [6.07, 6.45) is 4.28. The summed E-state index contributed by atoms with van der Waals surface area (Å²) in [5.41, 5.74) is 1.99. The van der Waals surface area contributed by atoms with Crippen LogP contribution in [-0.2, 0) is 4.79 Å². The van der Waals surface area contributed by atoms with Crippen molar-refractivity contribution in [2.75, 3.05) is 5.32 Å². The maximum Gasteiger partial charge on any atom is 0.321 e. The molecule has 1 fully saturated rings. The largest absolute Gasteiger partial charge is 0.374 e. The van der Waals surface area contributed by atoms with E-state index in [9.17, 15) is 9.59 Å². The molecule has 1 unspecified atom stereocenters. The molecule has 0 aliphatic heterocycles. The van der Waals surface area contributed by atoms with Crippen LogP contribution in [-0.4, -0.2) is 24.0 Å². The Morgan fingerprint density at radius 1 is 1.24 bits per heavy atom. The Morgan fingerprint density at radius 2 is 1.95 bits per heavy atom. The molecule has 0 bridgehead atoms. The van der Waals surface area contributed by atoms with Crippen molar-refractivity contribution in [3.63, 3.8) is 0 Å². The van der Waals surface area contributed by atoms with Crippen molar-refractivity contribution in [2.45, 2.75) is 51.6 Å². The molecule has 0 aromatic heterocycles. The monoisotopic (exact) mass is 289 g/mol. The highest BCUT2D eigenvalue weighted by Gasteiger charge is 2.20. The van der Waals surface area contributed by atoms with E-state index in [-0.39, 0.29) is 11.9 Å². The van der Waals surface area contributed by atoms with Gasteiger partial charge in [0, 0.05) is 11.7 Å². The highest BCUT2D eigenvalue weighted by molar-refractivity contribution is 5.98. The average Bonchev–Trinajstić information content (AvgIpc) is 2.91. The number of nitrogens with one attached hydrogen (secondary N) is 3. The summed E-state index contributed by atoms with van der Waals surface area (Å²) in [6, 6.07) is 7.11. The van der Waals surface area contributed by atoms with Gasteiger partial charge in [-0.05, 0) is 44.4 Å². The van der Waals surface area contributed by atoms with Crippen LogP contribution in [0, 0.1) is 6.92 Å². The van der Waals surface area contributed by atoms with Gasteiger partial charge in [0.25, 0.3) is 0 Å². The zero-order valence-corrected chi connectivity index (χ0v) is 12.6. The van der Waals surface area contributed by atoms with E-state index < -0.39 is 12.1 Å². The summed E-state index contributed by atoms with van der Waals surface area (Å²) in [7, 11) is 0. The van der Waals surface area contributed by atoms with Crippen molar-refractivity contribution < 1.29 is 9.59 Å². The van der Waals surface area contributed by atoms with Gasteiger partial charge in [-0.25, -0.2) is 4.79 Å². The molecule has 1 aliphatic rings. The van der Waals surface area contributed by atoms with Gasteiger partial charge in [0.2, 0.25) is 5.91 Å². The molecule has 0 heterocycles. The molecule has 1 aliphatic carbocycles. The Balaban J connectivity index is 1.80. The van der Waals surface area contributed by atoms with Crippen molar-refractivity contribution in [1.82, 2.24) is 10.6 Å².